The Bertz CT molecular complexity index is 830. The average molecular weight is 466 g/mol. The fraction of sp³-hybridized carbons (Fsp3) is 0.188. The maximum atomic E-state index is 11.3. The number of benzene rings is 1. The quantitative estimate of drug-likeness (QED) is 0.347. The summed E-state index contributed by atoms with van der Waals surface area (Å²) in [5.74, 6) is 0. The van der Waals surface area contributed by atoms with Crippen LogP contribution in [0.25, 0.3) is 0 Å². The molecule has 1 aromatic heterocycles. The molecule has 0 fully saturated rings. The van der Waals surface area contributed by atoms with Gasteiger partial charge in [-0.1, -0.05) is 46.9 Å². The first-order valence-electron chi connectivity index (χ1n) is 7.15. The van der Waals surface area contributed by atoms with Gasteiger partial charge in [0.25, 0.3) is 0 Å². The molecule has 132 valence electrons. The van der Waals surface area contributed by atoms with E-state index in [1.165, 1.54) is 0 Å². The van der Waals surface area contributed by atoms with Crippen molar-refractivity contribution in [1.82, 2.24) is 9.99 Å². The predicted molar refractivity (Wildman–Crippen MR) is 104 cm³/mol. The molecule has 2 rings (SSSR count). The van der Waals surface area contributed by atoms with E-state index in [0.717, 1.165) is 5.01 Å². The number of aromatic nitrogens is 1. The molecule has 0 aliphatic rings. The van der Waals surface area contributed by atoms with Gasteiger partial charge in [-0.25, -0.2) is 9.78 Å². The van der Waals surface area contributed by atoms with E-state index in [-0.39, 0.29) is 18.1 Å². The van der Waals surface area contributed by atoms with E-state index in [4.69, 9.17) is 34.8 Å². The maximum Gasteiger partial charge on any atom is 0.427 e. The predicted octanol–water partition coefficient (Wildman–Crippen LogP) is 5.75. The number of hydrogen-bond acceptors (Lipinski definition) is 3. The van der Waals surface area contributed by atoms with Crippen molar-refractivity contribution in [2.45, 2.75) is 13.3 Å². The summed E-state index contributed by atoms with van der Waals surface area (Å²) in [7, 11) is 0. The zero-order valence-corrected chi connectivity index (χ0v) is 16.9. The van der Waals surface area contributed by atoms with Gasteiger partial charge in [0.05, 0.1) is 15.8 Å². The Morgan fingerprint density at radius 2 is 2.08 bits per heavy atom. The van der Waals surface area contributed by atoms with Gasteiger partial charge in [-0.3, -0.25) is 0 Å². The molecule has 0 atom stereocenters. The molecule has 0 aliphatic heterocycles. The topological polar surface area (TPSA) is 65.8 Å². The standard InChI is InChI=1S/C16H13BrCl3N3O2/c1-2-23(16(24)25)22-13(11-7-10(17)8-21-15(11)20)6-9-4-3-5-12(18)14(9)19/h3-5,7-8H,2,6H2,1H3,(H,24,25)/b22-13-. The number of amides is 1. The molecular formula is C16H13BrCl3N3O2. The van der Waals surface area contributed by atoms with Crippen molar-refractivity contribution in [3.63, 3.8) is 0 Å². The van der Waals surface area contributed by atoms with Crippen molar-refractivity contribution >= 4 is 62.5 Å². The highest BCUT2D eigenvalue weighted by molar-refractivity contribution is 9.10. The molecule has 0 aliphatic carbocycles. The first-order valence-corrected chi connectivity index (χ1v) is 9.08. The smallest absolute Gasteiger partial charge is 0.427 e. The van der Waals surface area contributed by atoms with E-state index in [1.54, 1.807) is 37.4 Å². The van der Waals surface area contributed by atoms with Crippen molar-refractivity contribution in [3.05, 3.63) is 61.3 Å². The van der Waals surface area contributed by atoms with Crippen LogP contribution in [-0.2, 0) is 6.42 Å². The van der Waals surface area contributed by atoms with Crippen molar-refractivity contribution in [2.75, 3.05) is 6.54 Å². The van der Waals surface area contributed by atoms with E-state index in [9.17, 15) is 9.90 Å². The summed E-state index contributed by atoms with van der Waals surface area (Å²) < 4.78 is 0.690. The Kier molecular flexibility index (Phi) is 7.07. The molecule has 5 nitrogen and oxygen atoms in total. The van der Waals surface area contributed by atoms with Gasteiger partial charge >= 0.3 is 6.09 Å². The molecule has 9 heteroatoms. The molecule has 0 spiro atoms. The van der Waals surface area contributed by atoms with Crippen LogP contribution in [-0.4, -0.2) is 33.4 Å². The highest BCUT2D eigenvalue weighted by Crippen LogP contribution is 2.28. The number of pyridine rings is 1. The second-order valence-electron chi connectivity index (χ2n) is 4.93. The third-order valence-electron chi connectivity index (χ3n) is 3.27. The van der Waals surface area contributed by atoms with Crippen LogP contribution in [0.3, 0.4) is 0 Å². The Morgan fingerprint density at radius 3 is 2.72 bits per heavy atom. The van der Waals surface area contributed by atoms with Crippen molar-refractivity contribution < 1.29 is 9.90 Å². The van der Waals surface area contributed by atoms with Crippen LogP contribution in [0.1, 0.15) is 18.1 Å². The highest BCUT2D eigenvalue weighted by Gasteiger charge is 2.17. The number of rotatable bonds is 5. The molecule has 1 aromatic carbocycles. The number of hydrogen-bond donors (Lipinski definition) is 1. The lowest BCUT2D eigenvalue weighted by Crippen LogP contribution is -2.26. The summed E-state index contributed by atoms with van der Waals surface area (Å²) in [6, 6.07) is 6.95. The minimum Gasteiger partial charge on any atom is -0.464 e. The molecule has 0 saturated carbocycles. The summed E-state index contributed by atoms with van der Waals surface area (Å²) in [6.45, 7) is 1.86. The fourth-order valence-electron chi connectivity index (χ4n) is 2.07. The molecule has 0 bridgehead atoms. The summed E-state index contributed by atoms with van der Waals surface area (Å²) in [4.78, 5) is 15.4. The van der Waals surface area contributed by atoms with E-state index in [2.05, 4.69) is 26.0 Å². The lowest BCUT2D eigenvalue weighted by molar-refractivity contribution is 0.149. The Labute approximate surface area is 168 Å². The molecular weight excluding hydrogens is 452 g/mol. The average Bonchev–Trinajstić information content (AvgIpc) is 2.57. The normalized spacial score (nSPS) is 11.5. The molecule has 1 N–H and O–H groups in total. The third-order valence-corrected chi connectivity index (χ3v) is 4.86. The van der Waals surface area contributed by atoms with E-state index in [1.807, 2.05) is 0 Å². The second kappa shape index (κ2) is 8.85. The van der Waals surface area contributed by atoms with Crippen molar-refractivity contribution in [2.24, 2.45) is 5.10 Å². The van der Waals surface area contributed by atoms with Gasteiger partial charge in [-0.05, 0) is 40.5 Å². The van der Waals surface area contributed by atoms with Gasteiger partial charge < -0.3 is 5.11 Å². The van der Waals surface area contributed by atoms with Crippen LogP contribution in [0.2, 0.25) is 15.2 Å². The Hall–Kier alpha value is -1.34. The SMILES string of the molecule is CCN(/N=C(/Cc1cccc(Cl)c1Cl)c1cc(Br)cnc1Cl)C(=O)O. The van der Waals surface area contributed by atoms with Crippen LogP contribution < -0.4 is 0 Å². The van der Waals surface area contributed by atoms with E-state index in [0.29, 0.717) is 31.4 Å². The van der Waals surface area contributed by atoms with Gasteiger partial charge in [0, 0.05) is 29.2 Å². The first-order chi connectivity index (χ1) is 11.8. The molecule has 0 saturated heterocycles. The second-order valence-corrected chi connectivity index (χ2v) is 6.99. The number of carboxylic acid groups (broad SMARTS) is 1. The Morgan fingerprint density at radius 1 is 1.36 bits per heavy atom. The number of nitrogens with zero attached hydrogens (tertiary/aromatic N) is 3. The molecule has 2 aromatic rings. The number of carbonyl (C=O) groups is 1. The summed E-state index contributed by atoms with van der Waals surface area (Å²) in [6.07, 6.45) is 0.613. The first kappa shape index (κ1) is 20.0. The Balaban J connectivity index is 2.56. The molecule has 1 heterocycles. The molecule has 25 heavy (non-hydrogen) atoms. The van der Waals surface area contributed by atoms with Crippen LogP contribution >= 0.6 is 50.7 Å². The van der Waals surface area contributed by atoms with Crippen LogP contribution in [0.5, 0.6) is 0 Å². The highest BCUT2D eigenvalue weighted by atomic mass is 79.9. The van der Waals surface area contributed by atoms with Gasteiger partial charge in [0.1, 0.15) is 5.15 Å². The monoisotopic (exact) mass is 463 g/mol. The minimum atomic E-state index is -1.17. The van der Waals surface area contributed by atoms with E-state index < -0.39 is 6.09 Å². The minimum absolute atomic E-state index is 0.182. The zero-order valence-electron chi connectivity index (χ0n) is 13.0. The number of halogens is 4. The molecule has 0 radical (unpaired) electrons. The van der Waals surface area contributed by atoms with Crippen molar-refractivity contribution in [3.8, 4) is 0 Å². The number of hydrazone groups is 1. The fourth-order valence-corrected chi connectivity index (χ4v) is 3.00. The van der Waals surface area contributed by atoms with Gasteiger partial charge in [0.15, 0.2) is 0 Å². The van der Waals surface area contributed by atoms with Crippen molar-refractivity contribution in [1.29, 1.82) is 0 Å². The van der Waals surface area contributed by atoms with E-state index >= 15 is 0 Å². The summed E-state index contributed by atoms with van der Waals surface area (Å²) in [5.41, 5.74) is 1.62. The van der Waals surface area contributed by atoms with Gasteiger partial charge in [-0.15, -0.1) is 0 Å². The van der Waals surface area contributed by atoms with Crippen LogP contribution in [0.15, 0.2) is 40.0 Å². The zero-order chi connectivity index (χ0) is 18.6. The molecule has 0 unspecified atom stereocenters. The summed E-state index contributed by atoms with van der Waals surface area (Å²) in [5, 5.41) is 15.4. The maximum absolute atomic E-state index is 11.3. The van der Waals surface area contributed by atoms with Gasteiger partial charge in [-0.2, -0.15) is 10.1 Å². The third kappa shape index (κ3) is 5.07. The lowest BCUT2D eigenvalue weighted by atomic mass is 10.0. The summed E-state index contributed by atoms with van der Waals surface area (Å²) >= 11 is 21.8. The van der Waals surface area contributed by atoms with Crippen LogP contribution in [0, 0.1) is 0 Å². The molecule has 1 amide bonds. The van der Waals surface area contributed by atoms with Gasteiger partial charge in [0.2, 0.25) is 0 Å². The van der Waals surface area contributed by atoms with Crippen LogP contribution in [0.4, 0.5) is 4.79 Å². The largest absolute Gasteiger partial charge is 0.464 e. The lowest BCUT2D eigenvalue weighted by Gasteiger charge is -2.16.